The van der Waals surface area contributed by atoms with Crippen molar-refractivity contribution in [3.05, 3.63) is 58.5 Å². The number of hydrogen-bond donors (Lipinski definition) is 0. The van der Waals surface area contributed by atoms with Crippen molar-refractivity contribution in [1.29, 1.82) is 0 Å². The van der Waals surface area contributed by atoms with E-state index in [1.165, 1.54) is 24.3 Å². The maximum Gasteiger partial charge on any atom is 0.416 e. The SMILES string of the molecule is O=C(Cc1cccc(C(F)(F)F)c1)c1ccc(Cl)o1. The van der Waals surface area contributed by atoms with Crippen LogP contribution in [0, 0.1) is 0 Å². The molecule has 0 N–H and O–H groups in total. The number of furan rings is 1. The fraction of sp³-hybridized carbons (Fsp3) is 0.154. The zero-order valence-electron chi connectivity index (χ0n) is 9.50. The topological polar surface area (TPSA) is 30.2 Å². The molecule has 0 saturated heterocycles. The molecule has 0 spiro atoms. The first-order chi connectivity index (χ1) is 8.86. The van der Waals surface area contributed by atoms with Crippen LogP contribution in [0.25, 0.3) is 0 Å². The van der Waals surface area contributed by atoms with Gasteiger partial charge in [-0.3, -0.25) is 4.79 Å². The molecule has 19 heavy (non-hydrogen) atoms. The summed E-state index contributed by atoms with van der Waals surface area (Å²) in [6, 6.07) is 7.41. The molecule has 1 heterocycles. The molecule has 0 bridgehead atoms. The van der Waals surface area contributed by atoms with Crippen LogP contribution in [0.15, 0.2) is 40.8 Å². The number of carbonyl (C=O) groups excluding carboxylic acids is 1. The van der Waals surface area contributed by atoms with Gasteiger partial charge in [-0.15, -0.1) is 0 Å². The van der Waals surface area contributed by atoms with Gasteiger partial charge in [0.2, 0.25) is 5.78 Å². The van der Waals surface area contributed by atoms with Gasteiger partial charge in [-0.2, -0.15) is 13.2 Å². The molecular formula is C13H8ClF3O2. The Hall–Kier alpha value is -1.75. The Bertz CT molecular complexity index is 602. The minimum absolute atomic E-state index is 0.0300. The minimum atomic E-state index is -4.42. The normalized spacial score (nSPS) is 11.6. The Morgan fingerprint density at radius 3 is 2.53 bits per heavy atom. The highest BCUT2D eigenvalue weighted by molar-refractivity contribution is 6.29. The molecule has 0 saturated carbocycles. The quantitative estimate of drug-likeness (QED) is 0.785. The maximum atomic E-state index is 12.5. The predicted octanol–water partition coefficient (Wildman–Crippen LogP) is 4.38. The number of benzene rings is 1. The van der Waals surface area contributed by atoms with Gasteiger partial charge in [0.05, 0.1) is 5.56 Å². The van der Waals surface area contributed by atoms with Crippen LogP contribution < -0.4 is 0 Å². The molecule has 2 nitrogen and oxygen atoms in total. The summed E-state index contributed by atoms with van der Waals surface area (Å²) >= 11 is 5.52. The summed E-state index contributed by atoms with van der Waals surface area (Å²) in [7, 11) is 0. The Morgan fingerprint density at radius 2 is 1.95 bits per heavy atom. The Balaban J connectivity index is 2.18. The molecule has 0 aliphatic rings. The van der Waals surface area contributed by atoms with Crippen molar-refractivity contribution < 1.29 is 22.4 Å². The van der Waals surface area contributed by atoms with Crippen molar-refractivity contribution in [2.75, 3.05) is 0 Å². The summed E-state index contributed by atoms with van der Waals surface area (Å²) in [5.41, 5.74) is -0.511. The second-order valence-electron chi connectivity index (χ2n) is 3.90. The largest absolute Gasteiger partial charge is 0.442 e. The molecule has 0 amide bonds. The van der Waals surface area contributed by atoms with Crippen LogP contribution >= 0.6 is 11.6 Å². The molecular weight excluding hydrogens is 281 g/mol. The number of alkyl halides is 3. The summed E-state index contributed by atoms with van der Waals surface area (Å²) in [5, 5.41) is 0.0624. The first-order valence-electron chi connectivity index (χ1n) is 5.31. The Kier molecular flexibility index (Phi) is 3.66. The molecule has 100 valence electrons. The van der Waals surface area contributed by atoms with Crippen molar-refractivity contribution >= 4 is 17.4 Å². The average Bonchev–Trinajstić information content (AvgIpc) is 2.75. The van der Waals surface area contributed by atoms with E-state index in [4.69, 9.17) is 16.0 Å². The first-order valence-corrected chi connectivity index (χ1v) is 5.69. The van der Waals surface area contributed by atoms with E-state index in [9.17, 15) is 18.0 Å². The van der Waals surface area contributed by atoms with Gasteiger partial charge >= 0.3 is 6.18 Å². The molecule has 0 radical (unpaired) electrons. The number of rotatable bonds is 3. The van der Waals surface area contributed by atoms with E-state index < -0.39 is 17.5 Å². The number of ketones is 1. The molecule has 0 aliphatic heterocycles. The van der Waals surface area contributed by atoms with Crippen molar-refractivity contribution in [3.63, 3.8) is 0 Å². The third kappa shape index (κ3) is 3.38. The van der Waals surface area contributed by atoms with Gasteiger partial charge in [0, 0.05) is 6.42 Å². The Morgan fingerprint density at radius 1 is 1.21 bits per heavy atom. The van der Waals surface area contributed by atoms with Crippen LogP contribution in [0.1, 0.15) is 21.7 Å². The van der Waals surface area contributed by atoms with Gasteiger partial charge in [-0.05, 0) is 35.4 Å². The summed E-state index contributed by atoms with van der Waals surface area (Å²) in [6.45, 7) is 0. The summed E-state index contributed by atoms with van der Waals surface area (Å²) in [4.78, 5) is 11.8. The first kappa shape index (κ1) is 13.7. The third-order valence-corrected chi connectivity index (χ3v) is 2.67. The van der Waals surface area contributed by atoms with Crippen LogP contribution in [0.4, 0.5) is 13.2 Å². The molecule has 1 aromatic carbocycles. The number of hydrogen-bond acceptors (Lipinski definition) is 2. The fourth-order valence-corrected chi connectivity index (χ4v) is 1.74. The van der Waals surface area contributed by atoms with Crippen molar-refractivity contribution in [2.24, 2.45) is 0 Å². The van der Waals surface area contributed by atoms with Gasteiger partial charge in [0.25, 0.3) is 0 Å². The standard InChI is InChI=1S/C13H8ClF3O2/c14-12-5-4-11(19-12)10(18)7-8-2-1-3-9(6-8)13(15,16)17/h1-6H,7H2. The van der Waals surface area contributed by atoms with Crippen LogP contribution in [-0.2, 0) is 12.6 Å². The van der Waals surface area contributed by atoms with Crippen LogP contribution in [0.5, 0.6) is 0 Å². The van der Waals surface area contributed by atoms with E-state index in [2.05, 4.69) is 0 Å². The highest BCUT2D eigenvalue weighted by Crippen LogP contribution is 2.29. The van der Waals surface area contributed by atoms with E-state index in [0.717, 1.165) is 12.1 Å². The van der Waals surface area contributed by atoms with Crippen molar-refractivity contribution in [2.45, 2.75) is 12.6 Å². The van der Waals surface area contributed by atoms with E-state index >= 15 is 0 Å². The van der Waals surface area contributed by atoms with Gasteiger partial charge in [-0.25, -0.2) is 0 Å². The molecule has 0 unspecified atom stereocenters. The molecule has 0 fully saturated rings. The highest BCUT2D eigenvalue weighted by Gasteiger charge is 2.30. The van der Waals surface area contributed by atoms with E-state index in [-0.39, 0.29) is 23.0 Å². The van der Waals surface area contributed by atoms with Gasteiger partial charge in [-0.1, -0.05) is 18.2 Å². The highest BCUT2D eigenvalue weighted by atomic mass is 35.5. The lowest BCUT2D eigenvalue weighted by atomic mass is 10.0. The number of halogens is 4. The third-order valence-electron chi connectivity index (χ3n) is 2.47. The summed E-state index contributed by atoms with van der Waals surface area (Å²) in [6.07, 6.45) is -4.60. The maximum absolute atomic E-state index is 12.5. The average molecular weight is 289 g/mol. The fourth-order valence-electron chi connectivity index (χ4n) is 1.59. The second kappa shape index (κ2) is 5.09. The second-order valence-corrected chi connectivity index (χ2v) is 4.27. The summed E-state index contributed by atoms with van der Waals surface area (Å²) in [5.74, 6) is -0.395. The zero-order valence-corrected chi connectivity index (χ0v) is 10.3. The lowest BCUT2D eigenvalue weighted by Crippen LogP contribution is -2.07. The van der Waals surface area contributed by atoms with Crippen LogP contribution in [-0.4, -0.2) is 5.78 Å². The molecule has 0 atom stereocenters. The van der Waals surface area contributed by atoms with Gasteiger partial charge in [0.1, 0.15) is 0 Å². The van der Waals surface area contributed by atoms with Crippen LogP contribution in [0.3, 0.4) is 0 Å². The molecule has 6 heteroatoms. The monoisotopic (exact) mass is 288 g/mol. The van der Waals surface area contributed by atoms with Crippen LogP contribution in [0.2, 0.25) is 5.22 Å². The summed E-state index contributed by atoms with van der Waals surface area (Å²) < 4.78 is 42.4. The van der Waals surface area contributed by atoms with E-state index in [0.29, 0.717) is 0 Å². The number of Topliss-reactive ketones (excluding diaryl/α,β-unsaturated/α-hetero) is 1. The van der Waals surface area contributed by atoms with Gasteiger partial charge < -0.3 is 4.42 Å². The Labute approximate surface area is 111 Å². The molecule has 2 aromatic rings. The van der Waals surface area contributed by atoms with Gasteiger partial charge in [0.15, 0.2) is 11.0 Å². The smallest absolute Gasteiger partial charge is 0.416 e. The minimum Gasteiger partial charge on any atom is -0.442 e. The van der Waals surface area contributed by atoms with Crippen molar-refractivity contribution in [1.82, 2.24) is 0 Å². The number of carbonyl (C=O) groups is 1. The molecule has 0 aliphatic carbocycles. The molecule has 1 aromatic heterocycles. The van der Waals surface area contributed by atoms with Crippen molar-refractivity contribution in [3.8, 4) is 0 Å². The lowest BCUT2D eigenvalue weighted by Gasteiger charge is -2.07. The van der Waals surface area contributed by atoms with E-state index in [1.54, 1.807) is 0 Å². The zero-order chi connectivity index (χ0) is 14.0. The lowest BCUT2D eigenvalue weighted by molar-refractivity contribution is -0.137. The van der Waals surface area contributed by atoms with E-state index in [1.807, 2.05) is 0 Å². The predicted molar refractivity (Wildman–Crippen MR) is 63.2 cm³/mol. The molecule has 2 rings (SSSR count).